The van der Waals surface area contributed by atoms with Crippen LogP contribution in [-0.4, -0.2) is 6.61 Å². The highest BCUT2D eigenvalue weighted by molar-refractivity contribution is 6.31. The van der Waals surface area contributed by atoms with Gasteiger partial charge in [0.15, 0.2) is 0 Å². The number of alkyl halides is 2. The molecule has 100 valence electrons. The van der Waals surface area contributed by atoms with E-state index in [1.54, 1.807) is 12.1 Å². The first-order chi connectivity index (χ1) is 9.15. The molecule has 5 heteroatoms. The van der Waals surface area contributed by atoms with Gasteiger partial charge in [-0.1, -0.05) is 29.8 Å². The van der Waals surface area contributed by atoms with E-state index in [9.17, 15) is 8.78 Å². The summed E-state index contributed by atoms with van der Waals surface area (Å²) >= 11 is 6.03. The van der Waals surface area contributed by atoms with Gasteiger partial charge in [0.05, 0.1) is 0 Å². The standard InChI is InChI=1S/C14H12ClF2NO/c15-13-4-2-1-3-10(13)9-18-11-5-7-12(8-6-11)19-14(16)17/h1-8,14,18H,9H2. The zero-order valence-electron chi connectivity index (χ0n) is 9.95. The predicted molar refractivity (Wildman–Crippen MR) is 71.9 cm³/mol. The molecule has 0 aliphatic carbocycles. The molecule has 0 heterocycles. The van der Waals surface area contributed by atoms with Crippen LogP contribution in [0.25, 0.3) is 0 Å². The molecule has 0 unspecified atom stereocenters. The molecule has 0 amide bonds. The van der Waals surface area contributed by atoms with Crippen LogP contribution in [0.2, 0.25) is 5.02 Å². The van der Waals surface area contributed by atoms with Crippen LogP contribution in [0.5, 0.6) is 5.75 Å². The number of hydrogen-bond donors (Lipinski definition) is 1. The molecule has 0 saturated carbocycles. The highest BCUT2D eigenvalue weighted by Crippen LogP contribution is 2.20. The van der Waals surface area contributed by atoms with Crippen molar-refractivity contribution < 1.29 is 13.5 Å². The number of anilines is 1. The van der Waals surface area contributed by atoms with E-state index in [-0.39, 0.29) is 5.75 Å². The second-order valence-corrected chi connectivity index (χ2v) is 4.26. The fourth-order valence-electron chi connectivity index (χ4n) is 1.59. The van der Waals surface area contributed by atoms with Gasteiger partial charge in [-0.25, -0.2) is 0 Å². The van der Waals surface area contributed by atoms with Crippen LogP contribution >= 0.6 is 11.6 Å². The lowest BCUT2D eigenvalue weighted by atomic mass is 10.2. The molecule has 0 atom stereocenters. The number of halogens is 3. The lowest BCUT2D eigenvalue weighted by Gasteiger charge is -2.09. The molecule has 0 spiro atoms. The van der Waals surface area contributed by atoms with Gasteiger partial charge in [-0.15, -0.1) is 0 Å². The topological polar surface area (TPSA) is 21.3 Å². The van der Waals surface area contributed by atoms with E-state index < -0.39 is 6.61 Å². The van der Waals surface area contributed by atoms with E-state index >= 15 is 0 Å². The molecule has 0 aliphatic heterocycles. The summed E-state index contributed by atoms with van der Waals surface area (Å²) in [5.74, 6) is 0.137. The zero-order valence-corrected chi connectivity index (χ0v) is 10.7. The predicted octanol–water partition coefficient (Wildman–Crippen LogP) is 4.55. The molecular weight excluding hydrogens is 272 g/mol. The van der Waals surface area contributed by atoms with Crippen LogP contribution in [0.15, 0.2) is 48.5 Å². The Morgan fingerprint density at radius 1 is 1.05 bits per heavy atom. The molecular formula is C14H12ClF2NO. The number of rotatable bonds is 5. The Bertz CT molecular complexity index is 531. The van der Waals surface area contributed by atoms with E-state index in [2.05, 4.69) is 10.1 Å². The van der Waals surface area contributed by atoms with Crippen LogP contribution < -0.4 is 10.1 Å². The summed E-state index contributed by atoms with van der Waals surface area (Å²) in [5.41, 5.74) is 1.78. The summed E-state index contributed by atoms with van der Waals surface area (Å²) in [6.07, 6.45) is 0. The van der Waals surface area contributed by atoms with Crippen molar-refractivity contribution in [3.05, 3.63) is 59.1 Å². The molecule has 2 aromatic carbocycles. The highest BCUT2D eigenvalue weighted by Gasteiger charge is 2.04. The number of ether oxygens (including phenoxy) is 1. The Kier molecular flexibility index (Phi) is 4.58. The molecule has 19 heavy (non-hydrogen) atoms. The van der Waals surface area contributed by atoms with Gasteiger partial charge in [-0.05, 0) is 35.9 Å². The van der Waals surface area contributed by atoms with Crippen molar-refractivity contribution in [1.29, 1.82) is 0 Å². The maximum Gasteiger partial charge on any atom is 0.387 e. The number of hydrogen-bond acceptors (Lipinski definition) is 2. The highest BCUT2D eigenvalue weighted by atomic mass is 35.5. The summed E-state index contributed by atoms with van der Waals surface area (Å²) in [6.45, 7) is -2.24. The minimum Gasteiger partial charge on any atom is -0.435 e. The Morgan fingerprint density at radius 3 is 2.37 bits per heavy atom. The summed E-state index contributed by atoms with van der Waals surface area (Å²) < 4.78 is 28.2. The maximum absolute atomic E-state index is 12.0. The average Bonchev–Trinajstić information content (AvgIpc) is 2.39. The summed E-state index contributed by atoms with van der Waals surface area (Å²) in [5, 5.41) is 3.84. The SMILES string of the molecule is FC(F)Oc1ccc(NCc2ccccc2Cl)cc1. The summed E-state index contributed by atoms with van der Waals surface area (Å²) in [7, 11) is 0. The first-order valence-electron chi connectivity index (χ1n) is 5.67. The van der Waals surface area contributed by atoms with Gasteiger partial charge in [0.2, 0.25) is 0 Å². The van der Waals surface area contributed by atoms with Crippen molar-refractivity contribution in [3.63, 3.8) is 0 Å². The largest absolute Gasteiger partial charge is 0.435 e. The minimum atomic E-state index is -2.80. The second kappa shape index (κ2) is 6.38. The second-order valence-electron chi connectivity index (χ2n) is 3.85. The normalized spacial score (nSPS) is 10.5. The van der Waals surface area contributed by atoms with Crippen molar-refractivity contribution in [3.8, 4) is 5.75 Å². The van der Waals surface area contributed by atoms with Gasteiger partial charge in [0.1, 0.15) is 5.75 Å². The lowest BCUT2D eigenvalue weighted by Crippen LogP contribution is -2.02. The first kappa shape index (κ1) is 13.6. The van der Waals surface area contributed by atoms with Crippen LogP contribution in [0, 0.1) is 0 Å². The van der Waals surface area contributed by atoms with Crippen LogP contribution in [0.3, 0.4) is 0 Å². The third kappa shape index (κ3) is 4.10. The fourth-order valence-corrected chi connectivity index (χ4v) is 1.80. The summed E-state index contributed by atoms with van der Waals surface area (Å²) in [4.78, 5) is 0. The monoisotopic (exact) mass is 283 g/mol. The molecule has 1 N–H and O–H groups in total. The van der Waals surface area contributed by atoms with Crippen molar-refractivity contribution in [2.24, 2.45) is 0 Å². The minimum absolute atomic E-state index is 0.137. The Balaban J connectivity index is 1.95. The van der Waals surface area contributed by atoms with E-state index in [1.807, 2.05) is 24.3 Å². The fraction of sp³-hybridized carbons (Fsp3) is 0.143. The molecule has 0 aliphatic rings. The number of nitrogens with one attached hydrogen (secondary N) is 1. The molecule has 2 aromatic rings. The molecule has 0 aromatic heterocycles. The van der Waals surface area contributed by atoms with Gasteiger partial charge in [0.25, 0.3) is 0 Å². The van der Waals surface area contributed by atoms with Crippen LogP contribution in [0.1, 0.15) is 5.56 Å². The molecule has 0 radical (unpaired) electrons. The van der Waals surface area contributed by atoms with Gasteiger partial charge in [-0.3, -0.25) is 0 Å². The molecule has 2 rings (SSSR count). The van der Waals surface area contributed by atoms with Crippen molar-refractivity contribution in [1.82, 2.24) is 0 Å². The van der Waals surface area contributed by atoms with Gasteiger partial charge in [-0.2, -0.15) is 8.78 Å². The third-order valence-electron chi connectivity index (χ3n) is 2.52. The molecule has 0 bridgehead atoms. The van der Waals surface area contributed by atoms with Crippen molar-refractivity contribution in [2.45, 2.75) is 13.2 Å². The smallest absolute Gasteiger partial charge is 0.387 e. The molecule has 0 saturated heterocycles. The quantitative estimate of drug-likeness (QED) is 0.869. The molecule has 0 fully saturated rings. The first-order valence-corrected chi connectivity index (χ1v) is 6.05. The van der Waals surface area contributed by atoms with Gasteiger partial charge >= 0.3 is 6.61 Å². The van der Waals surface area contributed by atoms with E-state index in [0.29, 0.717) is 11.6 Å². The van der Waals surface area contributed by atoms with Crippen molar-refractivity contribution >= 4 is 17.3 Å². The third-order valence-corrected chi connectivity index (χ3v) is 2.89. The maximum atomic E-state index is 12.0. The van der Waals surface area contributed by atoms with Crippen LogP contribution in [-0.2, 0) is 6.54 Å². The van der Waals surface area contributed by atoms with Gasteiger partial charge < -0.3 is 10.1 Å². The Labute approximate surface area is 115 Å². The van der Waals surface area contributed by atoms with E-state index in [1.165, 1.54) is 12.1 Å². The average molecular weight is 284 g/mol. The van der Waals surface area contributed by atoms with Gasteiger partial charge in [0, 0.05) is 17.3 Å². The van der Waals surface area contributed by atoms with E-state index in [0.717, 1.165) is 11.3 Å². The Hall–Kier alpha value is -1.81. The zero-order chi connectivity index (χ0) is 13.7. The molecule has 2 nitrogen and oxygen atoms in total. The summed E-state index contributed by atoms with van der Waals surface area (Å²) in [6, 6.07) is 13.8. The van der Waals surface area contributed by atoms with E-state index in [4.69, 9.17) is 11.6 Å². The van der Waals surface area contributed by atoms with Crippen LogP contribution in [0.4, 0.5) is 14.5 Å². The lowest BCUT2D eigenvalue weighted by molar-refractivity contribution is -0.0498. The van der Waals surface area contributed by atoms with Crippen molar-refractivity contribution in [2.75, 3.05) is 5.32 Å². The Morgan fingerprint density at radius 2 is 1.74 bits per heavy atom. The number of benzene rings is 2.